The van der Waals surface area contributed by atoms with Crippen LogP contribution in [0.4, 0.5) is 0 Å². The van der Waals surface area contributed by atoms with E-state index in [2.05, 4.69) is 18.7 Å². The highest BCUT2D eigenvalue weighted by Crippen LogP contribution is 2.39. The second-order valence-corrected chi connectivity index (χ2v) is 7.61. The topological polar surface area (TPSA) is 63.4 Å². The van der Waals surface area contributed by atoms with Crippen LogP contribution in [0.5, 0.6) is 0 Å². The third-order valence-corrected chi connectivity index (χ3v) is 6.21. The number of rotatable bonds is 5. The Hall–Kier alpha value is -0.130. The van der Waals surface area contributed by atoms with Gasteiger partial charge in [-0.25, -0.2) is 8.42 Å². The predicted octanol–water partition coefficient (Wildman–Crippen LogP) is 1.01. The molecule has 0 radical (unpaired) electrons. The van der Waals surface area contributed by atoms with E-state index in [9.17, 15) is 8.42 Å². The van der Waals surface area contributed by atoms with Crippen LogP contribution in [0.3, 0.4) is 0 Å². The fourth-order valence-corrected chi connectivity index (χ4v) is 4.90. The van der Waals surface area contributed by atoms with Crippen molar-refractivity contribution in [3.05, 3.63) is 0 Å². The van der Waals surface area contributed by atoms with Crippen LogP contribution in [0.2, 0.25) is 0 Å². The molecule has 102 valence electrons. The summed E-state index contributed by atoms with van der Waals surface area (Å²) in [6, 6.07) is 0.362. The molecule has 0 heterocycles. The highest BCUT2D eigenvalue weighted by atomic mass is 32.2. The minimum Gasteiger partial charge on any atom is -0.329 e. The van der Waals surface area contributed by atoms with E-state index in [0.717, 1.165) is 25.7 Å². The minimum atomic E-state index is -3.03. The van der Waals surface area contributed by atoms with E-state index in [1.165, 1.54) is 6.26 Å². The quantitative estimate of drug-likeness (QED) is 0.803. The van der Waals surface area contributed by atoms with Gasteiger partial charge in [-0.3, -0.25) is 4.90 Å². The molecule has 1 saturated carbocycles. The fraction of sp³-hybridized carbons (Fsp3) is 1.00. The maximum atomic E-state index is 11.9. The Bertz CT molecular complexity index is 356. The van der Waals surface area contributed by atoms with Crippen LogP contribution >= 0.6 is 0 Å². The van der Waals surface area contributed by atoms with E-state index in [0.29, 0.717) is 12.6 Å². The first-order valence-electron chi connectivity index (χ1n) is 6.41. The van der Waals surface area contributed by atoms with Crippen molar-refractivity contribution in [3.8, 4) is 0 Å². The van der Waals surface area contributed by atoms with Gasteiger partial charge in [-0.2, -0.15) is 0 Å². The van der Waals surface area contributed by atoms with E-state index in [1.54, 1.807) is 0 Å². The first kappa shape index (κ1) is 14.9. The largest absolute Gasteiger partial charge is 0.329 e. The Labute approximate surface area is 105 Å². The number of nitrogens with zero attached hydrogens (tertiary/aromatic N) is 1. The van der Waals surface area contributed by atoms with Crippen LogP contribution in [0, 0.1) is 0 Å². The highest BCUT2D eigenvalue weighted by molar-refractivity contribution is 7.91. The lowest BCUT2D eigenvalue weighted by atomic mass is 9.93. The molecule has 0 aromatic rings. The van der Waals surface area contributed by atoms with Crippen molar-refractivity contribution in [1.29, 1.82) is 0 Å². The lowest BCUT2D eigenvalue weighted by Gasteiger charge is -2.45. The zero-order valence-corrected chi connectivity index (χ0v) is 12.3. The molecule has 0 bridgehead atoms. The molecular formula is C12H26N2O2S. The van der Waals surface area contributed by atoms with Crippen LogP contribution in [0.15, 0.2) is 0 Å². The molecule has 0 aliphatic heterocycles. The maximum Gasteiger partial charge on any atom is 0.152 e. The zero-order valence-electron chi connectivity index (χ0n) is 11.4. The van der Waals surface area contributed by atoms with Crippen molar-refractivity contribution in [2.45, 2.75) is 56.4 Å². The van der Waals surface area contributed by atoms with E-state index < -0.39 is 9.84 Å². The summed E-state index contributed by atoms with van der Waals surface area (Å²) >= 11 is 0. The molecule has 17 heavy (non-hydrogen) atoms. The van der Waals surface area contributed by atoms with Gasteiger partial charge in [0.25, 0.3) is 0 Å². The molecule has 1 fully saturated rings. The summed E-state index contributed by atoms with van der Waals surface area (Å²) in [7, 11) is -1.01. The molecular weight excluding hydrogens is 236 g/mol. The Morgan fingerprint density at radius 2 is 2.12 bits per heavy atom. The van der Waals surface area contributed by atoms with Gasteiger partial charge in [0.2, 0.25) is 0 Å². The minimum absolute atomic E-state index is 0.306. The van der Waals surface area contributed by atoms with E-state index in [1.807, 2.05) is 7.05 Å². The van der Waals surface area contributed by atoms with Gasteiger partial charge in [0.15, 0.2) is 9.84 Å². The first-order chi connectivity index (χ1) is 7.79. The molecule has 0 aromatic heterocycles. The maximum absolute atomic E-state index is 11.9. The second kappa shape index (κ2) is 5.24. The van der Waals surface area contributed by atoms with Gasteiger partial charge >= 0.3 is 0 Å². The Balaban J connectivity index is 3.10. The average Bonchev–Trinajstić information content (AvgIpc) is 2.71. The Morgan fingerprint density at radius 1 is 1.53 bits per heavy atom. The molecule has 2 N–H and O–H groups in total. The van der Waals surface area contributed by atoms with E-state index in [4.69, 9.17) is 5.73 Å². The molecule has 1 rings (SSSR count). The summed E-state index contributed by atoms with van der Waals surface area (Å²) < 4.78 is 23.9. The SMILES string of the molecule is CCC(C)N(C)C1(CN)CCCC1S(C)(=O)=O. The van der Waals surface area contributed by atoms with Gasteiger partial charge in [0, 0.05) is 24.4 Å². The summed E-state index contributed by atoms with van der Waals surface area (Å²) in [5, 5.41) is -0.306. The summed E-state index contributed by atoms with van der Waals surface area (Å²) in [5.41, 5.74) is 5.59. The lowest BCUT2D eigenvalue weighted by molar-refractivity contribution is 0.0900. The van der Waals surface area contributed by atoms with Gasteiger partial charge < -0.3 is 5.73 Å². The number of likely N-dealkylation sites (N-methyl/N-ethyl adjacent to an activating group) is 1. The van der Waals surface area contributed by atoms with Crippen molar-refractivity contribution < 1.29 is 8.42 Å². The summed E-state index contributed by atoms with van der Waals surface area (Å²) in [6.07, 6.45) is 4.95. The second-order valence-electron chi connectivity index (χ2n) is 5.39. The van der Waals surface area contributed by atoms with Crippen molar-refractivity contribution in [2.75, 3.05) is 19.8 Å². The van der Waals surface area contributed by atoms with Crippen LogP contribution in [0.1, 0.15) is 39.5 Å². The fourth-order valence-electron chi connectivity index (χ4n) is 3.13. The van der Waals surface area contributed by atoms with Gasteiger partial charge in [-0.05, 0) is 33.2 Å². The van der Waals surface area contributed by atoms with Gasteiger partial charge in [-0.15, -0.1) is 0 Å². The van der Waals surface area contributed by atoms with Crippen LogP contribution in [-0.2, 0) is 9.84 Å². The first-order valence-corrected chi connectivity index (χ1v) is 8.37. The van der Waals surface area contributed by atoms with Crippen LogP contribution in [-0.4, -0.2) is 50.0 Å². The summed E-state index contributed by atoms with van der Waals surface area (Å²) in [5.74, 6) is 0. The number of sulfone groups is 1. The zero-order chi connectivity index (χ0) is 13.3. The van der Waals surface area contributed by atoms with Crippen molar-refractivity contribution >= 4 is 9.84 Å². The van der Waals surface area contributed by atoms with Gasteiger partial charge in [0.1, 0.15) is 0 Å². The molecule has 1 aliphatic carbocycles. The van der Waals surface area contributed by atoms with E-state index in [-0.39, 0.29) is 10.8 Å². The normalized spacial score (nSPS) is 32.0. The third-order valence-electron chi connectivity index (χ3n) is 4.50. The molecule has 0 saturated heterocycles. The predicted molar refractivity (Wildman–Crippen MR) is 71.8 cm³/mol. The standard InChI is InChI=1S/C12H26N2O2S/c1-5-10(2)14(3)12(9-13)8-6-7-11(12)17(4,15)16/h10-11H,5-9,13H2,1-4H3. The van der Waals surface area contributed by atoms with Crippen LogP contribution in [0.25, 0.3) is 0 Å². The van der Waals surface area contributed by atoms with Gasteiger partial charge in [0.05, 0.1) is 5.25 Å². The molecule has 0 amide bonds. The number of hydrogen-bond donors (Lipinski definition) is 1. The Morgan fingerprint density at radius 3 is 2.53 bits per heavy atom. The van der Waals surface area contributed by atoms with Crippen LogP contribution < -0.4 is 5.73 Å². The average molecular weight is 262 g/mol. The molecule has 1 aliphatic rings. The molecule has 5 heteroatoms. The van der Waals surface area contributed by atoms with E-state index >= 15 is 0 Å². The Kier molecular flexibility index (Phi) is 4.60. The summed E-state index contributed by atoms with van der Waals surface area (Å²) in [4.78, 5) is 2.20. The monoisotopic (exact) mass is 262 g/mol. The summed E-state index contributed by atoms with van der Waals surface area (Å²) in [6.45, 7) is 4.68. The van der Waals surface area contributed by atoms with Gasteiger partial charge in [-0.1, -0.05) is 13.3 Å². The lowest BCUT2D eigenvalue weighted by Crippen LogP contribution is -2.61. The number of hydrogen-bond acceptors (Lipinski definition) is 4. The van der Waals surface area contributed by atoms with Crippen molar-refractivity contribution in [2.24, 2.45) is 5.73 Å². The smallest absolute Gasteiger partial charge is 0.152 e. The third kappa shape index (κ3) is 2.66. The van der Waals surface area contributed by atoms with Crippen molar-refractivity contribution in [3.63, 3.8) is 0 Å². The number of nitrogens with two attached hydrogens (primary N) is 1. The highest BCUT2D eigenvalue weighted by Gasteiger charge is 2.50. The molecule has 3 atom stereocenters. The molecule has 3 unspecified atom stereocenters. The molecule has 4 nitrogen and oxygen atoms in total. The van der Waals surface area contributed by atoms with Crippen molar-refractivity contribution in [1.82, 2.24) is 4.90 Å². The molecule has 0 aromatic carbocycles. The molecule has 0 spiro atoms.